The standard InChI is InChI=1S/2C26H17N3O.3C25H16N4O/c1-16-14-17(15-19-18-8-2-7-13-24(18)30-25(16)19)28-22-11-5-6-12-23(22)29-21-10-4-3-9-20(21)27-26(28)29;1-16-13-14-24-18(15-16)17-7-6-12-23(25(17)30-24)29-22-11-5-4-10-21(22)28-20-9-3-2-8-19(20)27-26(28)29;1-15-13-17-16-7-6-12-22(24(16)30-23(17)14-26-15)29-21-11-5-4-10-20(21)28-19-9-3-2-8-18(19)27-25(28)29;1-15-13-17-16-7-6-12-22(23(16)30-24(17)26-14-15)29-21-11-5-4-10-20(21)28-19-9-3-2-8-18(19)27-25(28)29;1-15-10-11-22-17(14-15)16-12-13-26-24(23(16)30-22)29-21-9-5-4-8-20(21)28-19-7-3-2-6-18(19)27-25(28)29/h2*2-15H,1H3;3*2-14H,1H3. The minimum absolute atomic E-state index is 0.657. The zero-order chi connectivity index (χ0) is 99.1. The number of rotatable bonds is 5. The molecule has 710 valence electrons. The number of nitrogens with zero attached hydrogens (tertiary/aromatic N) is 18. The Morgan fingerprint density at radius 1 is 0.200 bits per heavy atom. The summed E-state index contributed by atoms with van der Waals surface area (Å²) >= 11 is 0. The van der Waals surface area contributed by atoms with Crippen LogP contribution in [-0.4, -0.2) is 84.7 Å². The minimum Gasteiger partial charge on any atom is -0.456 e. The van der Waals surface area contributed by atoms with Crippen LogP contribution in [0.5, 0.6) is 0 Å². The number of hydrogen-bond acceptors (Lipinski definition) is 13. The van der Waals surface area contributed by atoms with E-state index >= 15 is 0 Å². The average Bonchev–Trinajstić information content (AvgIpc) is 1.57. The van der Waals surface area contributed by atoms with Crippen molar-refractivity contribution < 1.29 is 22.1 Å². The summed E-state index contributed by atoms with van der Waals surface area (Å²) in [4.78, 5) is 38.5. The minimum atomic E-state index is 0.657. The van der Waals surface area contributed by atoms with Gasteiger partial charge in [0, 0.05) is 71.9 Å². The molecule has 35 rings (SSSR count). The Bertz CT molecular complexity index is 10800. The summed E-state index contributed by atoms with van der Waals surface area (Å²) < 4.78 is 53.5. The van der Waals surface area contributed by atoms with Gasteiger partial charge in [0.25, 0.3) is 0 Å². The molecule has 35 aromatic rings. The highest BCUT2D eigenvalue weighted by Gasteiger charge is 2.29. The van der Waals surface area contributed by atoms with Crippen LogP contribution in [-0.2, 0) is 0 Å². The Labute approximate surface area is 848 Å². The largest absolute Gasteiger partial charge is 0.456 e. The maximum absolute atomic E-state index is 6.38. The highest BCUT2D eigenvalue weighted by molar-refractivity contribution is 6.14. The van der Waals surface area contributed by atoms with Gasteiger partial charge in [0.15, 0.2) is 33.7 Å². The molecule has 0 bridgehead atoms. The topological polar surface area (TPSA) is 216 Å². The fourth-order valence-corrected chi connectivity index (χ4v) is 23.0. The second-order valence-corrected chi connectivity index (χ2v) is 38.6. The molecule has 0 N–H and O–H groups in total. The predicted molar refractivity (Wildman–Crippen MR) is 601 cm³/mol. The van der Waals surface area contributed by atoms with E-state index in [0.29, 0.717) is 5.71 Å². The number of aromatic nitrogens is 18. The maximum atomic E-state index is 6.38. The van der Waals surface area contributed by atoms with Gasteiger partial charge in [-0.2, -0.15) is 0 Å². The summed E-state index contributed by atoms with van der Waals surface area (Å²) in [6.45, 7) is 10.4. The first-order chi connectivity index (χ1) is 74.0. The summed E-state index contributed by atoms with van der Waals surface area (Å²) in [6, 6.07) is 134. The summed E-state index contributed by atoms with van der Waals surface area (Å²) in [7, 11) is 0. The lowest BCUT2D eigenvalue weighted by Gasteiger charge is -2.07. The Morgan fingerprint density at radius 3 is 0.993 bits per heavy atom. The smallest absolute Gasteiger partial charge is 0.227 e. The fourth-order valence-electron chi connectivity index (χ4n) is 23.0. The van der Waals surface area contributed by atoms with Crippen molar-refractivity contribution in [1.82, 2.24) is 84.7 Å². The van der Waals surface area contributed by atoms with Crippen LogP contribution in [0.15, 0.2) is 429 Å². The van der Waals surface area contributed by atoms with Crippen molar-refractivity contribution in [1.29, 1.82) is 0 Å². The molecule has 0 aliphatic carbocycles. The van der Waals surface area contributed by atoms with Crippen LogP contribution < -0.4 is 0 Å². The third-order valence-corrected chi connectivity index (χ3v) is 29.5. The molecule has 0 unspecified atom stereocenters. The van der Waals surface area contributed by atoms with Crippen molar-refractivity contribution in [2.45, 2.75) is 34.6 Å². The first-order valence-electron chi connectivity index (χ1n) is 50.0. The Morgan fingerprint density at radius 2 is 0.533 bits per heavy atom. The summed E-state index contributed by atoms with van der Waals surface area (Å²) in [5, 5.41) is 11.0. The number of fused-ring (bicyclic) bond motifs is 40. The summed E-state index contributed by atoms with van der Waals surface area (Å²) in [5.41, 5.74) is 39.5. The second kappa shape index (κ2) is 32.3. The Balaban J connectivity index is 0.0000000844. The van der Waals surface area contributed by atoms with Crippen LogP contribution in [0.1, 0.15) is 27.9 Å². The van der Waals surface area contributed by atoms with Crippen molar-refractivity contribution in [3.63, 3.8) is 0 Å². The molecule has 150 heavy (non-hydrogen) atoms. The van der Waals surface area contributed by atoms with Crippen LogP contribution in [0.2, 0.25) is 0 Å². The lowest BCUT2D eigenvalue weighted by molar-refractivity contribution is 0.651. The molecule has 18 aromatic heterocycles. The highest BCUT2D eigenvalue weighted by Crippen LogP contribution is 2.45. The van der Waals surface area contributed by atoms with E-state index in [-0.39, 0.29) is 0 Å². The van der Waals surface area contributed by atoms with Gasteiger partial charge in [0.1, 0.15) is 22.3 Å². The Hall–Kier alpha value is -20.5. The van der Waals surface area contributed by atoms with Gasteiger partial charge in [0.2, 0.25) is 34.6 Å². The maximum Gasteiger partial charge on any atom is 0.227 e. The van der Waals surface area contributed by atoms with E-state index in [2.05, 4.69) is 391 Å². The molecular weight excluding hydrogens is 1860 g/mol. The lowest BCUT2D eigenvalue weighted by atomic mass is 10.1. The SMILES string of the molecule is Cc1cc(-n2c3ccccc3n3c4ccccc4nc23)cc2c1oc1ccccc12.Cc1cc2c(cn1)oc1c(-n3c4ccccc4n4c5ccccc5nc34)cccc12.Cc1ccc2oc3c(-n4c5ccccc5n5c6ccccc6nc45)cccc3c2c1.Cc1ccc2oc3c(-n4c5ccccc5n5c6ccccc6nc45)nccc3c2c1.Cc1cnc2oc3c(-n4c5ccccc5n5c6ccccc6nc45)cccc3c2c1. The van der Waals surface area contributed by atoms with Gasteiger partial charge in [-0.05, 0) is 246 Å². The number of benzene rings is 17. The molecule has 0 saturated carbocycles. The van der Waals surface area contributed by atoms with Crippen LogP contribution in [0.25, 0.3) is 278 Å². The van der Waals surface area contributed by atoms with Crippen LogP contribution >= 0.6 is 0 Å². The first kappa shape index (κ1) is 84.1. The number of furan rings is 5. The van der Waals surface area contributed by atoms with E-state index in [1.165, 1.54) is 11.1 Å². The molecule has 23 heteroatoms. The third-order valence-electron chi connectivity index (χ3n) is 29.5. The monoisotopic (exact) mass is 1940 g/mol. The number of pyridine rings is 3. The molecule has 0 saturated heterocycles. The van der Waals surface area contributed by atoms with Crippen LogP contribution in [0.3, 0.4) is 0 Å². The van der Waals surface area contributed by atoms with E-state index < -0.39 is 0 Å². The zero-order valence-corrected chi connectivity index (χ0v) is 81.3. The van der Waals surface area contributed by atoms with E-state index in [9.17, 15) is 0 Å². The number of para-hydroxylation sites is 24. The van der Waals surface area contributed by atoms with Crippen molar-refractivity contribution in [3.8, 4) is 28.6 Å². The van der Waals surface area contributed by atoms with Gasteiger partial charge in [-0.3, -0.25) is 49.8 Å². The second-order valence-electron chi connectivity index (χ2n) is 38.6. The number of aryl methyl sites for hydroxylation is 5. The lowest BCUT2D eigenvalue weighted by Crippen LogP contribution is -1.98. The van der Waals surface area contributed by atoms with Gasteiger partial charge >= 0.3 is 0 Å². The van der Waals surface area contributed by atoms with E-state index in [1.807, 2.05) is 105 Å². The molecule has 17 aromatic carbocycles. The van der Waals surface area contributed by atoms with Gasteiger partial charge in [-0.25, -0.2) is 34.9 Å². The van der Waals surface area contributed by atoms with E-state index in [1.54, 1.807) is 0 Å². The van der Waals surface area contributed by atoms with Crippen molar-refractivity contribution in [2.24, 2.45) is 0 Å². The van der Waals surface area contributed by atoms with Gasteiger partial charge < -0.3 is 22.1 Å². The van der Waals surface area contributed by atoms with Crippen molar-refractivity contribution in [3.05, 3.63) is 435 Å². The molecule has 23 nitrogen and oxygen atoms in total. The highest BCUT2D eigenvalue weighted by atomic mass is 16.4. The van der Waals surface area contributed by atoms with E-state index in [4.69, 9.17) is 52.0 Å². The van der Waals surface area contributed by atoms with Crippen molar-refractivity contribution >= 4 is 249 Å². The summed E-state index contributed by atoms with van der Waals surface area (Å²) in [6.07, 6.45) is 5.50. The molecular formula is C127H82N18O5. The van der Waals surface area contributed by atoms with Gasteiger partial charge in [0.05, 0.1) is 139 Å². The molecule has 0 radical (unpaired) electrons. The van der Waals surface area contributed by atoms with Crippen molar-refractivity contribution in [2.75, 3.05) is 0 Å². The predicted octanol–water partition coefficient (Wildman–Crippen LogP) is 31.4. The molecule has 0 aliphatic heterocycles. The van der Waals surface area contributed by atoms with Gasteiger partial charge in [-0.15, -0.1) is 0 Å². The molecule has 0 aliphatic rings. The molecule has 0 fully saturated rings. The number of hydrogen-bond donors (Lipinski definition) is 0. The molecule has 18 heterocycles. The normalized spacial score (nSPS) is 12.2. The van der Waals surface area contributed by atoms with Crippen LogP contribution in [0, 0.1) is 34.6 Å². The fraction of sp³-hybridized carbons (Fsp3) is 0.0394. The third kappa shape index (κ3) is 12.5. The average molecular weight is 1940 g/mol. The Kier molecular flexibility index (Phi) is 18.1. The number of imidazole rings is 10. The quantitative estimate of drug-likeness (QED) is 0.157. The summed E-state index contributed by atoms with van der Waals surface area (Å²) in [5.74, 6) is 5.14. The van der Waals surface area contributed by atoms with E-state index in [0.717, 1.165) is 289 Å². The first-order valence-corrected chi connectivity index (χ1v) is 50.0. The molecule has 0 amide bonds. The molecule has 0 atom stereocenters. The van der Waals surface area contributed by atoms with Gasteiger partial charge in [-0.1, -0.05) is 199 Å². The molecule has 0 spiro atoms. The van der Waals surface area contributed by atoms with Crippen LogP contribution in [0.4, 0.5) is 0 Å². The zero-order valence-electron chi connectivity index (χ0n) is 81.3.